The minimum atomic E-state index is 0.126. The largest absolute Gasteiger partial charge is 0.378 e. The van der Waals surface area contributed by atoms with E-state index in [1.807, 2.05) is 9.80 Å². The van der Waals surface area contributed by atoms with Gasteiger partial charge in [-0.15, -0.1) is 11.8 Å². The van der Waals surface area contributed by atoms with E-state index in [1.54, 1.807) is 0 Å². The number of hydrogen-bond donors (Lipinski definition) is 0. The van der Waals surface area contributed by atoms with E-state index in [2.05, 4.69) is 4.90 Å². The van der Waals surface area contributed by atoms with Crippen molar-refractivity contribution in [3.05, 3.63) is 0 Å². The highest BCUT2D eigenvalue weighted by atomic mass is 32.2. The highest BCUT2D eigenvalue weighted by Crippen LogP contribution is 2.25. The van der Waals surface area contributed by atoms with Crippen LogP contribution >= 0.6 is 11.8 Å². The number of amides is 2. The Bertz CT molecular complexity index is 417. The maximum Gasteiger partial charge on any atom is 0.232 e. The standard InChI is InChI=1S/C16H27N3O3S/c20-15(12-23-13-16(21)19-8-10-22-11-9-19)18-6-4-17(5-7-18)14-2-1-3-14/h14H,1-13H2. The molecule has 0 aromatic rings. The molecule has 1 saturated carbocycles. The first kappa shape index (κ1) is 17.0. The molecule has 1 aliphatic carbocycles. The summed E-state index contributed by atoms with van der Waals surface area (Å²) in [7, 11) is 0. The highest BCUT2D eigenvalue weighted by molar-refractivity contribution is 8.00. The van der Waals surface area contributed by atoms with Crippen molar-refractivity contribution in [3.8, 4) is 0 Å². The van der Waals surface area contributed by atoms with E-state index >= 15 is 0 Å². The Morgan fingerprint density at radius 3 is 1.96 bits per heavy atom. The number of nitrogens with zero attached hydrogens (tertiary/aromatic N) is 3. The third-order valence-electron chi connectivity index (χ3n) is 5.07. The second-order valence-corrected chi connectivity index (χ2v) is 7.47. The molecular weight excluding hydrogens is 314 g/mol. The summed E-state index contributed by atoms with van der Waals surface area (Å²) in [6.07, 6.45) is 4.01. The van der Waals surface area contributed by atoms with Gasteiger partial charge in [-0.3, -0.25) is 14.5 Å². The van der Waals surface area contributed by atoms with Gasteiger partial charge in [-0.1, -0.05) is 6.42 Å². The van der Waals surface area contributed by atoms with Gasteiger partial charge in [0.1, 0.15) is 0 Å². The Hall–Kier alpha value is -0.790. The summed E-state index contributed by atoms with van der Waals surface area (Å²) < 4.78 is 5.24. The van der Waals surface area contributed by atoms with Crippen molar-refractivity contribution >= 4 is 23.6 Å². The van der Waals surface area contributed by atoms with Crippen molar-refractivity contribution < 1.29 is 14.3 Å². The van der Waals surface area contributed by atoms with Crippen molar-refractivity contribution in [1.29, 1.82) is 0 Å². The molecule has 0 aromatic heterocycles. The molecule has 0 spiro atoms. The number of morpholine rings is 1. The molecular formula is C16H27N3O3S. The van der Waals surface area contributed by atoms with Crippen LogP contribution in [-0.4, -0.2) is 96.5 Å². The van der Waals surface area contributed by atoms with Crippen molar-refractivity contribution in [2.75, 3.05) is 64.0 Å². The predicted molar refractivity (Wildman–Crippen MR) is 90.5 cm³/mol. The number of hydrogen-bond acceptors (Lipinski definition) is 5. The summed E-state index contributed by atoms with van der Waals surface area (Å²) in [5.74, 6) is 1.12. The molecule has 7 heteroatoms. The zero-order valence-electron chi connectivity index (χ0n) is 13.7. The van der Waals surface area contributed by atoms with Crippen LogP contribution in [-0.2, 0) is 14.3 Å². The van der Waals surface area contributed by atoms with Crippen LogP contribution in [0.4, 0.5) is 0 Å². The van der Waals surface area contributed by atoms with Crippen LogP contribution in [0.15, 0.2) is 0 Å². The van der Waals surface area contributed by atoms with E-state index in [0.29, 0.717) is 37.8 Å². The number of carbonyl (C=O) groups excluding carboxylic acids is 2. The van der Waals surface area contributed by atoms with Crippen molar-refractivity contribution in [3.63, 3.8) is 0 Å². The molecule has 2 amide bonds. The van der Waals surface area contributed by atoms with Crippen molar-refractivity contribution in [2.45, 2.75) is 25.3 Å². The first-order chi connectivity index (χ1) is 11.2. The van der Waals surface area contributed by atoms with Crippen LogP contribution in [0.3, 0.4) is 0 Å². The van der Waals surface area contributed by atoms with E-state index in [4.69, 9.17) is 4.74 Å². The van der Waals surface area contributed by atoms with Gasteiger partial charge in [-0.2, -0.15) is 0 Å². The zero-order valence-corrected chi connectivity index (χ0v) is 14.6. The quantitative estimate of drug-likeness (QED) is 0.719. The molecule has 0 atom stereocenters. The molecule has 2 heterocycles. The van der Waals surface area contributed by atoms with Gasteiger partial charge in [0.05, 0.1) is 24.7 Å². The molecule has 3 fully saturated rings. The third kappa shape index (κ3) is 4.61. The van der Waals surface area contributed by atoms with E-state index < -0.39 is 0 Å². The monoisotopic (exact) mass is 341 g/mol. The molecule has 3 rings (SSSR count). The van der Waals surface area contributed by atoms with Crippen LogP contribution < -0.4 is 0 Å². The Morgan fingerprint density at radius 2 is 1.43 bits per heavy atom. The number of rotatable bonds is 5. The molecule has 130 valence electrons. The molecule has 0 aromatic carbocycles. The van der Waals surface area contributed by atoms with Crippen LogP contribution in [0.2, 0.25) is 0 Å². The number of piperazine rings is 1. The molecule has 0 bridgehead atoms. The first-order valence-electron chi connectivity index (χ1n) is 8.69. The number of ether oxygens (including phenoxy) is 1. The average molecular weight is 341 g/mol. The smallest absolute Gasteiger partial charge is 0.232 e. The maximum atomic E-state index is 12.3. The van der Waals surface area contributed by atoms with Crippen LogP contribution in [0.25, 0.3) is 0 Å². The molecule has 6 nitrogen and oxygen atoms in total. The average Bonchev–Trinajstić information content (AvgIpc) is 2.54. The Morgan fingerprint density at radius 1 is 0.870 bits per heavy atom. The lowest BCUT2D eigenvalue weighted by molar-refractivity contribution is -0.132. The minimum Gasteiger partial charge on any atom is -0.378 e. The van der Waals surface area contributed by atoms with Gasteiger partial charge in [0.2, 0.25) is 11.8 Å². The lowest BCUT2D eigenvalue weighted by Gasteiger charge is -2.42. The summed E-state index contributed by atoms with van der Waals surface area (Å²) in [6.45, 7) is 6.30. The van der Waals surface area contributed by atoms with Gasteiger partial charge in [-0.25, -0.2) is 0 Å². The van der Waals surface area contributed by atoms with E-state index in [0.717, 1.165) is 32.2 Å². The normalized spacial score (nSPS) is 23.7. The molecule has 0 N–H and O–H groups in total. The van der Waals surface area contributed by atoms with E-state index in [1.165, 1.54) is 31.0 Å². The summed E-state index contributed by atoms with van der Waals surface area (Å²) in [5, 5.41) is 0. The SMILES string of the molecule is O=C(CSCC(=O)N1CCN(C2CCC2)CC1)N1CCOCC1. The molecule has 23 heavy (non-hydrogen) atoms. The number of carbonyl (C=O) groups is 2. The van der Waals surface area contributed by atoms with Gasteiger partial charge < -0.3 is 14.5 Å². The molecule has 0 unspecified atom stereocenters. The predicted octanol–water partition coefficient (Wildman–Crippen LogP) is 0.275. The Labute approximate surface area is 142 Å². The minimum absolute atomic E-state index is 0.126. The first-order valence-corrected chi connectivity index (χ1v) is 9.84. The lowest BCUT2D eigenvalue weighted by Crippen LogP contribution is -2.53. The summed E-state index contributed by atoms with van der Waals surface area (Å²) in [4.78, 5) is 30.6. The van der Waals surface area contributed by atoms with Gasteiger partial charge in [-0.05, 0) is 12.8 Å². The second kappa shape index (κ2) is 8.35. The fourth-order valence-electron chi connectivity index (χ4n) is 3.31. The van der Waals surface area contributed by atoms with Crippen molar-refractivity contribution in [1.82, 2.24) is 14.7 Å². The summed E-state index contributed by atoms with van der Waals surface area (Å²) >= 11 is 1.44. The molecule has 3 aliphatic rings. The third-order valence-corrected chi connectivity index (χ3v) is 5.98. The van der Waals surface area contributed by atoms with Gasteiger partial charge in [0.15, 0.2) is 0 Å². The topological polar surface area (TPSA) is 53.1 Å². The lowest BCUT2D eigenvalue weighted by atomic mass is 9.91. The van der Waals surface area contributed by atoms with Gasteiger partial charge in [0, 0.05) is 45.3 Å². The van der Waals surface area contributed by atoms with Gasteiger partial charge >= 0.3 is 0 Å². The van der Waals surface area contributed by atoms with E-state index in [-0.39, 0.29) is 11.8 Å². The molecule has 2 aliphatic heterocycles. The fourth-order valence-corrected chi connectivity index (χ4v) is 4.13. The highest BCUT2D eigenvalue weighted by Gasteiger charge is 2.29. The Kier molecular flexibility index (Phi) is 6.19. The summed E-state index contributed by atoms with van der Waals surface area (Å²) in [5.41, 5.74) is 0. The van der Waals surface area contributed by atoms with Crippen molar-refractivity contribution in [2.24, 2.45) is 0 Å². The van der Waals surface area contributed by atoms with Crippen LogP contribution in [0.5, 0.6) is 0 Å². The van der Waals surface area contributed by atoms with E-state index in [9.17, 15) is 9.59 Å². The van der Waals surface area contributed by atoms with Gasteiger partial charge in [0.25, 0.3) is 0 Å². The van der Waals surface area contributed by atoms with Crippen LogP contribution in [0, 0.1) is 0 Å². The fraction of sp³-hybridized carbons (Fsp3) is 0.875. The summed E-state index contributed by atoms with van der Waals surface area (Å²) in [6, 6.07) is 0.771. The Balaban J connectivity index is 1.31. The zero-order chi connectivity index (χ0) is 16.1. The molecule has 0 radical (unpaired) electrons. The number of thioether (sulfide) groups is 1. The maximum absolute atomic E-state index is 12.3. The van der Waals surface area contributed by atoms with Crippen LogP contribution in [0.1, 0.15) is 19.3 Å². The molecule has 2 saturated heterocycles. The second-order valence-electron chi connectivity index (χ2n) is 6.49.